The van der Waals surface area contributed by atoms with Crippen LogP contribution in [0.1, 0.15) is 22.3 Å². The molecule has 4 N–H and O–H groups in total. The van der Waals surface area contributed by atoms with Crippen LogP contribution >= 0.6 is 0 Å². The zero-order valence-corrected chi connectivity index (χ0v) is 7.95. The maximum Gasteiger partial charge on any atom is 0.337 e. The Morgan fingerprint density at radius 3 is 2.80 bits per heavy atom. The highest BCUT2D eigenvalue weighted by molar-refractivity contribution is 5.98. The summed E-state index contributed by atoms with van der Waals surface area (Å²) in [5, 5.41) is 0. The zero-order chi connectivity index (χ0) is 11.4. The summed E-state index contributed by atoms with van der Waals surface area (Å²) < 4.78 is 4.56. The van der Waals surface area contributed by atoms with Crippen molar-refractivity contribution in [3.05, 3.63) is 27.6 Å². The Kier molecular flexibility index (Phi) is 3.13. The summed E-state index contributed by atoms with van der Waals surface area (Å²) >= 11 is 0. The maximum absolute atomic E-state index is 11.0. The van der Waals surface area contributed by atoms with Crippen molar-refractivity contribution in [1.82, 2.24) is 0 Å². The van der Waals surface area contributed by atoms with Crippen molar-refractivity contribution in [2.45, 2.75) is 12.8 Å². The minimum absolute atomic E-state index is 0.0323. The molecule has 0 bridgehead atoms. The predicted octanol–water partition coefficient (Wildman–Crippen LogP) is -0.113. The molecule has 0 aliphatic rings. The van der Waals surface area contributed by atoms with E-state index in [1.807, 2.05) is 0 Å². The number of nitrogens with two attached hydrogens (primary N) is 2. The van der Waals surface area contributed by atoms with Crippen molar-refractivity contribution in [2.24, 2.45) is 5.73 Å². The fourth-order valence-corrected chi connectivity index (χ4v) is 1.25. The van der Waals surface area contributed by atoms with Gasteiger partial charge in [0.15, 0.2) is 0 Å². The number of anilines is 1. The molecule has 0 aromatic carbocycles. The van der Waals surface area contributed by atoms with Gasteiger partial charge in [0.25, 0.3) is 5.91 Å². The molecule has 15 heavy (non-hydrogen) atoms. The zero-order valence-electron chi connectivity index (χ0n) is 7.95. The van der Waals surface area contributed by atoms with Gasteiger partial charge in [0.05, 0.1) is 0 Å². The van der Waals surface area contributed by atoms with Crippen LogP contribution in [0.3, 0.4) is 0 Å². The van der Waals surface area contributed by atoms with Crippen LogP contribution in [-0.2, 0) is 6.42 Å². The van der Waals surface area contributed by atoms with Crippen LogP contribution in [0.5, 0.6) is 0 Å². The summed E-state index contributed by atoms with van der Waals surface area (Å²) in [7, 11) is 0. The van der Waals surface area contributed by atoms with Crippen molar-refractivity contribution in [3.63, 3.8) is 0 Å². The highest BCUT2D eigenvalue weighted by atomic mass is 16.4. The molecule has 5 nitrogen and oxygen atoms in total. The maximum atomic E-state index is 11.0. The predicted molar refractivity (Wildman–Crippen MR) is 55.1 cm³/mol. The summed E-state index contributed by atoms with van der Waals surface area (Å²) in [6.45, 7) is 0. The number of carbonyl (C=O) groups excluding carboxylic acids is 1. The summed E-state index contributed by atoms with van der Waals surface area (Å²) in [5.74, 6) is 1.40. The molecule has 78 valence electrons. The average Bonchev–Trinajstić information content (AvgIpc) is 2.12. The first-order valence-corrected chi connectivity index (χ1v) is 4.22. The van der Waals surface area contributed by atoms with Crippen molar-refractivity contribution < 1.29 is 9.21 Å². The monoisotopic (exact) mass is 206 g/mol. The highest BCUT2D eigenvalue weighted by Gasteiger charge is 2.15. The largest absolute Gasteiger partial charge is 0.406 e. The van der Waals surface area contributed by atoms with Crippen molar-refractivity contribution >= 4 is 11.8 Å². The van der Waals surface area contributed by atoms with Crippen LogP contribution in [0, 0.1) is 12.3 Å². The van der Waals surface area contributed by atoms with Crippen molar-refractivity contribution in [2.75, 3.05) is 5.73 Å². The van der Waals surface area contributed by atoms with Crippen molar-refractivity contribution in [1.29, 1.82) is 0 Å². The standard InChI is InChI=1S/C10H10N2O3/c1-2-3-4-6-5-7(13)15-10(12)8(6)9(11)14/h1,5H,3-4,12H2,(H2,11,14). The van der Waals surface area contributed by atoms with Gasteiger partial charge in [-0.05, 0) is 12.0 Å². The minimum atomic E-state index is -0.733. The lowest BCUT2D eigenvalue weighted by Crippen LogP contribution is -2.19. The Hall–Kier alpha value is -2.22. The Balaban J connectivity index is 3.28. The fraction of sp³-hybridized carbons (Fsp3) is 0.200. The van der Waals surface area contributed by atoms with E-state index >= 15 is 0 Å². The summed E-state index contributed by atoms with van der Waals surface area (Å²) in [6, 6.07) is 1.17. The Bertz CT molecular complexity index is 482. The number of carbonyl (C=O) groups is 1. The molecular formula is C10H10N2O3. The molecule has 0 saturated heterocycles. The van der Waals surface area contributed by atoms with Crippen LogP contribution in [0.2, 0.25) is 0 Å². The van der Waals surface area contributed by atoms with E-state index in [-0.39, 0.29) is 11.4 Å². The van der Waals surface area contributed by atoms with Gasteiger partial charge in [0, 0.05) is 12.5 Å². The van der Waals surface area contributed by atoms with E-state index < -0.39 is 11.5 Å². The second-order valence-corrected chi connectivity index (χ2v) is 2.90. The molecule has 1 heterocycles. The number of nitrogen functional groups attached to an aromatic ring is 1. The van der Waals surface area contributed by atoms with Gasteiger partial charge in [-0.2, -0.15) is 0 Å². The topological polar surface area (TPSA) is 99.3 Å². The second-order valence-electron chi connectivity index (χ2n) is 2.90. The third kappa shape index (κ3) is 2.38. The summed E-state index contributed by atoms with van der Waals surface area (Å²) in [5.41, 5.74) is 10.3. The normalized spacial score (nSPS) is 9.53. The van der Waals surface area contributed by atoms with E-state index in [0.717, 1.165) is 0 Å². The molecular weight excluding hydrogens is 196 g/mol. The number of aryl methyl sites for hydroxylation is 1. The first-order chi connectivity index (χ1) is 7.06. The molecule has 0 fully saturated rings. The van der Waals surface area contributed by atoms with E-state index in [1.165, 1.54) is 6.07 Å². The average molecular weight is 206 g/mol. The van der Waals surface area contributed by atoms with Gasteiger partial charge in [0.2, 0.25) is 5.88 Å². The SMILES string of the molecule is C#CCCc1cc(=O)oc(N)c1C(N)=O. The van der Waals surface area contributed by atoms with Gasteiger partial charge in [-0.15, -0.1) is 12.3 Å². The fourth-order valence-electron chi connectivity index (χ4n) is 1.25. The molecule has 0 unspecified atom stereocenters. The number of hydrogen-bond acceptors (Lipinski definition) is 4. The second kappa shape index (κ2) is 4.33. The number of amides is 1. The van der Waals surface area contributed by atoms with Gasteiger partial charge >= 0.3 is 5.63 Å². The smallest absolute Gasteiger partial charge is 0.337 e. The first kappa shape index (κ1) is 10.9. The lowest BCUT2D eigenvalue weighted by atomic mass is 10.0. The van der Waals surface area contributed by atoms with E-state index in [4.69, 9.17) is 17.9 Å². The number of hydrogen-bond donors (Lipinski definition) is 2. The number of rotatable bonds is 3. The molecule has 1 amide bonds. The first-order valence-electron chi connectivity index (χ1n) is 4.22. The van der Waals surface area contributed by atoms with Crippen LogP contribution in [0.15, 0.2) is 15.3 Å². The molecule has 0 aliphatic carbocycles. The highest BCUT2D eigenvalue weighted by Crippen LogP contribution is 2.15. The van der Waals surface area contributed by atoms with E-state index in [9.17, 15) is 9.59 Å². The van der Waals surface area contributed by atoms with Gasteiger partial charge in [-0.25, -0.2) is 4.79 Å². The molecule has 0 saturated carbocycles. The van der Waals surface area contributed by atoms with Crippen LogP contribution < -0.4 is 17.1 Å². The molecule has 1 aromatic heterocycles. The molecule has 0 atom stereocenters. The minimum Gasteiger partial charge on any atom is -0.406 e. The number of primary amides is 1. The molecule has 1 rings (SSSR count). The van der Waals surface area contributed by atoms with Gasteiger partial charge in [-0.1, -0.05) is 0 Å². The van der Waals surface area contributed by atoms with Crippen LogP contribution in [-0.4, -0.2) is 5.91 Å². The molecule has 0 radical (unpaired) electrons. The molecule has 1 aromatic rings. The van der Waals surface area contributed by atoms with E-state index in [2.05, 4.69) is 10.3 Å². The lowest BCUT2D eigenvalue weighted by Gasteiger charge is -2.05. The van der Waals surface area contributed by atoms with Crippen LogP contribution in [0.25, 0.3) is 0 Å². The van der Waals surface area contributed by atoms with Gasteiger partial charge in [0.1, 0.15) is 5.56 Å². The van der Waals surface area contributed by atoms with Gasteiger partial charge < -0.3 is 15.9 Å². The molecule has 0 spiro atoms. The molecule has 0 aliphatic heterocycles. The molecule has 5 heteroatoms. The van der Waals surface area contributed by atoms with E-state index in [0.29, 0.717) is 18.4 Å². The Morgan fingerprint density at radius 1 is 1.60 bits per heavy atom. The number of terminal acetylenes is 1. The summed E-state index contributed by atoms with van der Waals surface area (Å²) in [4.78, 5) is 22.0. The Morgan fingerprint density at radius 2 is 2.27 bits per heavy atom. The Labute approximate surface area is 86.1 Å². The lowest BCUT2D eigenvalue weighted by molar-refractivity contribution is 0.0998. The third-order valence-corrected chi connectivity index (χ3v) is 1.86. The van der Waals surface area contributed by atoms with E-state index in [1.54, 1.807) is 0 Å². The van der Waals surface area contributed by atoms with Crippen molar-refractivity contribution in [3.8, 4) is 12.3 Å². The quantitative estimate of drug-likeness (QED) is 0.674. The third-order valence-electron chi connectivity index (χ3n) is 1.86. The van der Waals surface area contributed by atoms with Crippen LogP contribution in [0.4, 0.5) is 5.88 Å². The van der Waals surface area contributed by atoms with Gasteiger partial charge in [-0.3, -0.25) is 4.79 Å². The summed E-state index contributed by atoms with van der Waals surface area (Å²) in [6.07, 6.45) is 5.84.